The summed E-state index contributed by atoms with van der Waals surface area (Å²) >= 11 is 0. The van der Waals surface area contributed by atoms with Crippen LogP contribution in [0.3, 0.4) is 0 Å². The molecule has 4 rings (SSSR count). The van der Waals surface area contributed by atoms with E-state index < -0.39 is 53.4 Å². The number of carbonyl (C=O) groups is 3. The number of para-hydroxylation sites is 1. The Hall–Kier alpha value is -4.39. The van der Waals surface area contributed by atoms with Gasteiger partial charge in [-0.3, -0.25) is 14.4 Å². The van der Waals surface area contributed by atoms with Crippen LogP contribution in [-0.2, 0) is 39.8 Å². The summed E-state index contributed by atoms with van der Waals surface area (Å²) in [5.41, 5.74) is -0.808. The number of alkyl halides is 3. The van der Waals surface area contributed by atoms with Crippen molar-refractivity contribution in [3.05, 3.63) is 82.9 Å². The van der Waals surface area contributed by atoms with Gasteiger partial charge in [0.1, 0.15) is 11.4 Å². The zero-order chi connectivity index (χ0) is 38.6. The number of rotatable bonds is 15. The van der Waals surface area contributed by atoms with E-state index in [-0.39, 0.29) is 49.3 Å². The molecule has 13 heteroatoms. The third-order valence-corrected chi connectivity index (χ3v) is 9.56. The molecule has 0 radical (unpaired) electrons. The van der Waals surface area contributed by atoms with Gasteiger partial charge in [-0.15, -0.1) is 0 Å². The Bertz CT molecular complexity index is 1690. The molecule has 0 spiro atoms. The fourth-order valence-corrected chi connectivity index (χ4v) is 5.96. The maximum Gasteiger partial charge on any atom is 0.418 e. The average Bonchev–Trinajstić information content (AvgIpc) is 3.47. The average molecular weight is 732 g/mol. The maximum absolute atomic E-state index is 14.3. The fraction of sp³-hybridized carbons (Fsp3) is 0.513. The molecule has 0 aliphatic heterocycles. The molecule has 3 aromatic rings. The lowest BCUT2D eigenvalue weighted by atomic mass is 9.78. The van der Waals surface area contributed by atoms with Gasteiger partial charge in [-0.1, -0.05) is 84.4 Å². The van der Waals surface area contributed by atoms with E-state index in [0.717, 1.165) is 12.0 Å². The highest BCUT2D eigenvalue weighted by molar-refractivity contribution is 5.96. The minimum absolute atomic E-state index is 0.0321. The summed E-state index contributed by atoms with van der Waals surface area (Å²) in [6.45, 7) is 14.5. The predicted molar refractivity (Wildman–Crippen MR) is 195 cm³/mol. The summed E-state index contributed by atoms with van der Waals surface area (Å²) in [6.07, 6.45) is -2.35. The highest BCUT2D eigenvalue weighted by atomic mass is 19.4. The van der Waals surface area contributed by atoms with Crippen LogP contribution in [0.15, 0.2) is 54.7 Å². The number of hydrogen-bond acceptors (Lipinski definition) is 5. The van der Waals surface area contributed by atoms with Gasteiger partial charge in [0.05, 0.1) is 30.1 Å². The minimum atomic E-state index is -4.61. The molecule has 286 valence electrons. The molecule has 0 saturated carbocycles. The number of hydrogen-bond donors (Lipinski definition) is 6. The van der Waals surface area contributed by atoms with Crippen molar-refractivity contribution >= 4 is 28.6 Å². The summed E-state index contributed by atoms with van der Waals surface area (Å²) in [5, 5.41) is 20.9. The van der Waals surface area contributed by atoms with Crippen LogP contribution < -0.4 is 21.3 Å². The summed E-state index contributed by atoms with van der Waals surface area (Å²) < 4.78 is 55.6. The largest absolute Gasteiger partial charge is 0.418 e. The van der Waals surface area contributed by atoms with Gasteiger partial charge >= 0.3 is 6.18 Å². The van der Waals surface area contributed by atoms with Gasteiger partial charge in [-0.25, -0.2) is 4.39 Å². The third-order valence-electron chi connectivity index (χ3n) is 9.56. The quantitative estimate of drug-likeness (QED) is 0.0831. The van der Waals surface area contributed by atoms with Gasteiger partial charge in [-0.2, -0.15) is 13.2 Å². The van der Waals surface area contributed by atoms with Crippen LogP contribution in [0.1, 0.15) is 82.7 Å². The van der Waals surface area contributed by atoms with Gasteiger partial charge < -0.3 is 31.4 Å². The number of aliphatic hydroxyl groups excluding tert-OH is 1. The zero-order valence-electron chi connectivity index (χ0n) is 30.7. The molecule has 9 nitrogen and oxygen atoms in total. The first kappa shape index (κ1) is 42.0. The number of aliphatic hydroxyl groups is 1. The lowest BCUT2D eigenvalue weighted by molar-refractivity contribution is -0.136. The number of halogens is 4. The molecule has 1 aliphatic rings. The Morgan fingerprint density at radius 1 is 1.00 bits per heavy atom. The SMILES string of the molecule is C=C(NCCCO)[C@@H](NC(=O)[C@@]1(NC(=O)CNC(=O)Cc2ccccc2F)CCc2[nH]c3c(C(F)(F)F)cccc3c2C1)C(C)CC.CCC(C)C. The number of H-pyrrole nitrogens is 1. The van der Waals surface area contributed by atoms with E-state index in [9.17, 15) is 37.1 Å². The molecule has 0 fully saturated rings. The Balaban J connectivity index is 0.00000136. The van der Waals surface area contributed by atoms with Crippen LogP contribution in [-0.4, -0.2) is 59.1 Å². The second-order valence-corrected chi connectivity index (χ2v) is 13.8. The van der Waals surface area contributed by atoms with Crippen LogP contribution in [0.5, 0.6) is 0 Å². The molecular weight excluding hydrogens is 678 g/mol. The summed E-state index contributed by atoms with van der Waals surface area (Å²) in [6, 6.07) is 9.04. The van der Waals surface area contributed by atoms with E-state index in [4.69, 9.17) is 0 Å². The van der Waals surface area contributed by atoms with Gasteiger partial charge in [0.25, 0.3) is 0 Å². The van der Waals surface area contributed by atoms with Crippen molar-refractivity contribution in [1.82, 2.24) is 26.3 Å². The second-order valence-electron chi connectivity index (χ2n) is 13.8. The Morgan fingerprint density at radius 2 is 1.69 bits per heavy atom. The first-order valence-corrected chi connectivity index (χ1v) is 17.9. The standard InChI is InChI=1S/C34H41F4N5O4.C5H12/c1-4-20(2)30(21(3)39-15-8-16-44)42-32(47)33(43-29(46)19-40-28(45)17-22-9-5-6-12-26(22)35)14-13-27-24(18-33)23-10-7-11-25(31(23)41-27)34(36,37)38;1-4-5(2)3/h5-7,9-12,20,30,39,41,44H,3-4,8,13-19H2,1-2H3,(H,40,45)(H,42,47)(H,43,46);5H,4H2,1-3H3/t20?,30-,33+;/m0./s1. The van der Waals surface area contributed by atoms with Gasteiger partial charge in [-0.05, 0) is 54.4 Å². The molecule has 3 atom stereocenters. The second kappa shape index (κ2) is 18.9. The molecule has 52 heavy (non-hydrogen) atoms. The third kappa shape index (κ3) is 11.1. The molecule has 1 aromatic heterocycles. The van der Waals surface area contributed by atoms with Gasteiger partial charge in [0.2, 0.25) is 17.7 Å². The van der Waals surface area contributed by atoms with Crippen molar-refractivity contribution in [1.29, 1.82) is 0 Å². The molecule has 2 aromatic carbocycles. The monoisotopic (exact) mass is 731 g/mol. The van der Waals surface area contributed by atoms with Gasteiger partial charge in [0, 0.05) is 36.3 Å². The number of benzene rings is 2. The van der Waals surface area contributed by atoms with Crippen LogP contribution in [0.25, 0.3) is 10.9 Å². The normalized spacial score (nSPS) is 16.6. The molecule has 6 N–H and O–H groups in total. The number of aromatic nitrogens is 1. The maximum atomic E-state index is 14.3. The molecule has 1 heterocycles. The van der Waals surface area contributed by atoms with Crippen molar-refractivity contribution in [3.8, 4) is 0 Å². The molecule has 1 aliphatic carbocycles. The summed E-state index contributed by atoms with van der Waals surface area (Å²) in [5.74, 6) is -1.60. The Labute approximate surface area is 303 Å². The van der Waals surface area contributed by atoms with E-state index in [1.54, 1.807) is 12.1 Å². The van der Waals surface area contributed by atoms with Crippen molar-refractivity contribution in [2.75, 3.05) is 19.7 Å². The number of nitrogens with one attached hydrogen (secondary N) is 5. The first-order valence-electron chi connectivity index (χ1n) is 17.9. The van der Waals surface area contributed by atoms with E-state index in [1.807, 2.05) is 13.8 Å². The number of amides is 3. The van der Waals surface area contributed by atoms with Crippen LogP contribution in [0.4, 0.5) is 17.6 Å². The van der Waals surface area contributed by atoms with Crippen LogP contribution >= 0.6 is 0 Å². The van der Waals surface area contributed by atoms with E-state index >= 15 is 0 Å². The molecule has 3 amide bonds. The van der Waals surface area contributed by atoms with Crippen LogP contribution in [0, 0.1) is 17.7 Å². The number of aromatic amines is 1. The van der Waals surface area contributed by atoms with Gasteiger partial charge in [0.15, 0.2) is 0 Å². The van der Waals surface area contributed by atoms with Crippen LogP contribution in [0.2, 0.25) is 0 Å². The molecule has 0 bridgehead atoms. The summed E-state index contributed by atoms with van der Waals surface area (Å²) in [4.78, 5) is 43.1. The molecule has 0 saturated heterocycles. The lowest BCUT2D eigenvalue weighted by Crippen LogP contribution is -2.64. The molecular formula is C39H53F4N5O4. The van der Waals surface area contributed by atoms with E-state index in [2.05, 4.69) is 53.6 Å². The number of carbonyl (C=O) groups excluding carboxylic acids is 3. The number of aryl methyl sites for hydroxylation is 1. The van der Waals surface area contributed by atoms with E-state index in [0.29, 0.717) is 41.7 Å². The predicted octanol–water partition coefficient (Wildman–Crippen LogP) is 6.10. The smallest absolute Gasteiger partial charge is 0.396 e. The van der Waals surface area contributed by atoms with Crippen molar-refractivity contribution in [2.24, 2.45) is 11.8 Å². The van der Waals surface area contributed by atoms with E-state index in [1.165, 1.54) is 30.7 Å². The number of fused-ring (bicyclic) bond motifs is 3. The van der Waals surface area contributed by atoms with Crippen molar-refractivity contribution < 1.29 is 37.1 Å². The summed E-state index contributed by atoms with van der Waals surface area (Å²) in [7, 11) is 0. The van der Waals surface area contributed by atoms with Crippen molar-refractivity contribution in [3.63, 3.8) is 0 Å². The minimum Gasteiger partial charge on any atom is -0.396 e. The fourth-order valence-electron chi connectivity index (χ4n) is 5.96. The Kier molecular flexibility index (Phi) is 15.3. The zero-order valence-corrected chi connectivity index (χ0v) is 30.7. The highest BCUT2D eigenvalue weighted by Gasteiger charge is 2.45. The topological polar surface area (TPSA) is 135 Å². The van der Waals surface area contributed by atoms with Crippen molar-refractivity contribution in [2.45, 2.75) is 97.3 Å². The molecule has 1 unspecified atom stereocenters. The lowest BCUT2D eigenvalue weighted by Gasteiger charge is -2.39. The Morgan fingerprint density at radius 3 is 2.31 bits per heavy atom. The first-order chi connectivity index (χ1) is 24.6. The highest BCUT2D eigenvalue weighted by Crippen LogP contribution is 2.40.